The van der Waals surface area contributed by atoms with Gasteiger partial charge in [0.15, 0.2) is 5.82 Å². The standard InChI is InChI=1S/C23H29N5O2/c1-23(2)13-16-11-19(17(12-20(16)30-23)15-5-9-27(3)10-6-15)26-22(29)18-14-25-28-8-4-7-24-21(18)28/h4,7-8,11-12,15,25H,5-6,9-10,13-14H2,1-3H3,(H,26,29). The molecule has 158 valence electrons. The first-order valence-electron chi connectivity index (χ1n) is 10.7. The van der Waals surface area contributed by atoms with Gasteiger partial charge in [-0.25, -0.2) is 10.4 Å². The van der Waals surface area contributed by atoms with Crippen molar-refractivity contribution >= 4 is 17.8 Å². The summed E-state index contributed by atoms with van der Waals surface area (Å²) in [6, 6.07) is 4.30. The zero-order valence-electron chi connectivity index (χ0n) is 17.9. The minimum atomic E-state index is -0.210. The van der Waals surface area contributed by atoms with E-state index < -0.39 is 0 Å². The first-order chi connectivity index (χ1) is 14.4. The largest absolute Gasteiger partial charge is 0.487 e. The molecule has 1 aromatic rings. The van der Waals surface area contributed by atoms with Crippen LogP contribution in [-0.2, 0) is 11.2 Å². The van der Waals surface area contributed by atoms with E-state index >= 15 is 0 Å². The molecule has 4 aliphatic rings. The van der Waals surface area contributed by atoms with Crippen LogP contribution >= 0.6 is 0 Å². The van der Waals surface area contributed by atoms with Crippen molar-refractivity contribution in [2.24, 2.45) is 4.99 Å². The number of hydrogen-bond donors (Lipinski definition) is 2. The number of rotatable bonds is 3. The number of hydrazine groups is 1. The number of benzene rings is 1. The maximum absolute atomic E-state index is 13.2. The Bertz CT molecular complexity index is 970. The number of ether oxygens (including phenoxy) is 1. The minimum Gasteiger partial charge on any atom is -0.487 e. The summed E-state index contributed by atoms with van der Waals surface area (Å²) in [4.78, 5) is 20.0. The summed E-state index contributed by atoms with van der Waals surface area (Å²) in [5.74, 6) is 1.95. The number of nitrogens with zero attached hydrogens (tertiary/aromatic N) is 3. The number of nitrogens with one attached hydrogen (secondary N) is 2. The number of hydrogen-bond acceptors (Lipinski definition) is 6. The molecule has 1 amide bonds. The summed E-state index contributed by atoms with van der Waals surface area (Å²) in [6.45, 7) is 6.82. The van der Waals surface area contributed by atoms with E-state index in [0.29, 0.717) is 23.9 Å². The van der Waals surface area contributed by atoms with Crippen molar-refractivity contribution in [2.45, 2.75) is 44.6 Å². The number of likely N-dealkylation sites (tertiary alicyclic amines) is 1. The van der Waals surface area contributed by atoms with Crippen LogP contribution in [0.5, 0.6) is 5.75 Å². The number of aliphatic imine (C=N–C) groups is 1. The van der Waals surface area contributed by atoms with Gasteiger partial charge < -0.3 is 15.0 Å². The van der Waals surface area contributed by atoms with Crippen LogP contribution in [0.2, 0.25) is 0 Å². The maximum atomic E-state index is 13.2. The van der Waals surface area contributed by atoms with E-state index in [1.807, 2.05) is 12.3 Å². The molecular weight excluding hydrogens is 378 g/mol. The Morgan fingerprint density at radius 1 is 1.30 bits per heavy atom. The second kappa shape index (κ2) is 7.25. The normalized spacial score (nSPS) is 22.8. The molecule has 30 heavy (non-hydrogen) atoms. The third-order valence-electron chi connectivity index (χ3n) is 6.36. The molecule has 0 aromatic heterocycles. The zero-order valence-corrected chi connectivity index (χ0v) is 17.9. The molecule has 4 heterocycles. The van der Waals surface area contributed by atoms with Gasteiger partial charge in [0.05, 0.1) is 5.57 Å². The van der Waals surface area contributed by atoms with Crippen molar-refractivity contribution in [2.75, 3.05) is 32.0 Å². The van der Waals surface area contributed by atoms with E-state index in [2.05, 4.69) is 53.7 Å². The summed E-state index contributed by atoms with van der Waals surface area (Å²) < 4.78 is 6.20. The highest BCUT2D eigenvalue weighted by Crippen LogP contribution is 2.42. The van der Waals surface area contributed by atoms with Crippen LogP contribution in [0.15, 0.2) is 40.8 Å². The fraction of sp³-hybridized carbons (Fsp3) is 0.478. The molecule has 0 atom stereocenters. The van der Waals surface area contributed by atoms with Crippen LogP contribution in [0.25, 0.3) is 0 Å². The van der Waals surface area contributed by atoms with Crippen LogP contribution in [0.4, 0.5) is 5.69 Å². The highest BCUT2D eigenvalue weighted by Gasteiger charge is 2.33. The minimum absolute atomic E-state index is 0.0975. The van der Waals surface area contributed by atoms with Gasteiger partial charge in [0.1, 0.15) is 11.4 Å². The van der Waals surface area contributed by atoms with Crippen molar-refractivity contribution in [3.63, 3.8) is 0 Å². The second-order valence-electron chi connectivity index (χ2n) is 9.24. The lowest BCUT2D eigenvalue weighted by atomic mass is 9.87. The number of fused-ring (bicyclic) bond motifs is 2. The van der Waals surface area contributed by atoms with E-state index in [0.717, 1.165) is 49.4 Å². The van der Waals surface area contributed by atoms with E-state index in [1.54, 1.807) is 11.2 Å². The van der Waals surface area contributed by atoms with E-state index in [1.165, 1.54) is 5.56 Å². The fourth-order valence-corrected chi connectivity index (χ4v) is 4.78. The topological polar surface area (TPSA) is 69.2 Å². The number of carbonyl (C=O) groups excluding carboxylic acids is 1. The van der Waals surface area contributed by atoms with Gasteiger partial charge in [-0.1, -0.05) is 0 Å². The second-order valence-corrected chi connectivity index (χ2v) is 9.24. The zero-order chi connectivity index (χ0) is 20.9. The highest BCUT2D eigenvalue weighted by atomic mass is 16.5. The van der Waals surface area contributed by atoms with Crippen LogP contribution in [-0.4, -0.2) is 54.3 Å². The molecular formula is C23H29N5O2. The molecule has 0 unspecified atom stereocenters. The number of amides is 1. The first-order valence-corrected chi connectivity index (χ1v) is 10.7. The molecule has 7 nitrogen and oxygen atoms in total. The number of allylic oxidation sites excluding steroid dienone is 1. The van der Waals surface area contributed by atoms with E-state index in [-0.39, 0.29) is 11.5 Å². The number of piperidine rings is 1. The Morgan fingerprint density at radius 3 is 2.90 bits per heavy atom. The summed E-state index contributed by atoms with van der Waals surface area (Å²) >= 11 is 0. The van der Waals surface area contributed by atoms with Gasteiger partial charge in [-0.15, -0.1) is 0 Å². The molecule has 2 N–H and O–H groups in total. The first kappa shape index (κ1) is 19.3. The van der Waals surface area contributed by atoms with Gasteiger partial charge in [-0.05, 0) is 76.5 Å². The van der Waals surface area contributed by atoms with Crippen molar-refractivity contribution in [3.8, 4) is 5.75 Å². The molecule has 0 spiro atoms. The quantitative estimate of drug-likeness (QED) is 0.806. The molecule has 1 saturated heterocycles. The smallest absolute Gasteiger partial charge is 0.256 e. The molecule has 0 saturated carbocycles. The average molecular weight is 408 g/mol. The van der Waals surface area contributed by atoms with E-state index in [4.69, 9.17) is 4.74 Å². The molecule has 1 fully saturated rings. The Balaban J connectivity index is 1.47. The Kier molecular flexibility index (Phi) is 4.67. The van der Waals surface area contributed by atoms with Crippen LogP contribution in [0.1, 0.15) is 43.7 Å². The van der Waals surface area contributed by atoms with Crippen molar-refractivity contribution < 1.29 is 9.53 Å². The molecule has 5 rings (SSSR count). The Hall–Kier alpha value is -2.64. The van der Waals surface area contributed by atoms with Crippen molar-refractivity contribution in [1.29, 1.82) is 0 Å². The SMILES string of the molecule is CN1CCC(c2cc3c(cc2NC(=O)C2=C4N=CC=CN4NC2)CC(C)(C)O3)CC1. The lowest BCUT2D eigenvalue weighted by molar-refractivity contribution is -0.112. The van der Waals surface area contributed by atoms with Crippen LogP contribution in [0, 0.1) is 0 Å². The molecule has 7 heteroatoms. The molecule has 0 radical (unpaired) electrons. The third kappa shape index (κ3) is 3.52. The van der Waals surface area contributed by atoms with Gasteiger partial charge in [0.25, 0.3) is 5.91 Å². The summed E-state index contributed by atoms with van der Waals surface area (Å²) in [5, 5.41) is 5.02. The summed E-state index contributed by atoms with van der Waals surface area (Å²) in [5.41, 5.74) is 6.89. The lowest BCUT2D eigenvalue weighted by Crippen LogP contribution is -2.30. The van der Waals surface area contributed by atoms with Crippen molar-refractivity contribution in [3.05, 3.63) is 46.9 Å². The maximum Gasteiger partial charge on any atom is 0.256 e. The van der Waals surface area contributed by atoms with E-state index in [9.17, 15) is 4.79 Å². The van der Waals surface area contributed by atoms with Gasteiger partial charge in [0.2, 0.25) is 0 Å². The van der Waals surface area contributed by atoms with Gasteiger partial charge in [0, 0.05) is 36.6 Å². The van der Waals surface area contributed by atoms with Gasteiger partial charge in [-0.3, -0.25) is 9.80 Å². The highest BCUT2D eigenvalue weighted by molar-refractivity contribution is 6.05. The van der Waals surface area contributed by atoms with Gasteiger partial charge in [-0.2, -0.15) is 0 Å². The molecule has 1 aromatic carbocycles. The molecule has 0 bridgehead atoms. The lowest BCUT2D eigenvalue weighted by Gasteiger charge is -2.30. The average Bonchev–Trinajstić information content (AvgIpc) is 3.27. The third-order valence-corrected chi connectivity index (χ3v) is 6.36. The van der Waals surface area contributed by atoms with Crippen molar-refractivity contribution in [1.82, 2.24) is 15.3 Å². The predicted molar refractivity (Wildman–Crippen MR) is 117 cm³/mol. The molecule has 4 aliphatic heterocycles. The Labute approximate surface area is 177 Å². The fourth-order valence-electron chi connectivity index (χ4n) is 4.78. The summed E-state index contributed by atoms with van der Waals surface area (Å²) in [7, 11) is 2.17. The summed E-state index contributed by atoms with van der Waals surface area (Å²) in [6.07, 6.45) is 8.45. The Morgan fingerprint density at radius 2 is 2.10 bits per heavy atom. The predicted octanol–water partition coefficient (Wildman–Crippen LogP) is 2.78. The van der Waals surface area contributed by atoms with Crippen LogP contribution < -0.4 is 15.5 Å². The number of anilines is 1. The number of carbonyl (C=O) groups is 1. The monoisotopic (exact) mass is 407 g/mol. The molecule has 0 aliphatic carbocycles. The van der Waals surface area contributed by atoms with Gasteiger partial charge >= 0.3 is 0 Å². The van der Waals surface area contributed by atoms with Crippen LogP contribution in [0.3, 0.4) is 0 Å².